The lowest BCUT2D eigenvalue weighted by atomic mass is 10.00. The quantitative estimate of drug-likeness (QED) is 0.236. The topological polar surface area (TPSA) is 115 Å². The Morgan fingerprint density at radius 3 is 2.62 bits per heavy atom. The normalized spacial score (nSPS) is 21.7. The highest BCUT2D eigenvalue weighted by Gasteiger charge is 2.48. The van der Waals surface area contributed by atoms with Gasteiger partial charge in [0.05, 0.1) is 10.3 Å². The summed E-state index contributed by atoms with van der Waals surface area (Å²) in [5, 5.41) is 14.1. The highest BCUT2D eigenvalue weighted by atomic mass is 32.1. The molecule has 2 aliphatic carbocycles. The number of carbonyl (C=O) groups excluding carboxylic acids is 1. The number of anilines is 1. The first-order valence-electron chi connectivity index (χ1n) is 13.5. The maximum Gasteiger partial charge on any atom is 0.573 e. The van der Waals surface area contributed by atoms with Crippen molar-refractivity contribution in [2.24, 2.45) is 5.92 Å². The van der Waals surface area contributed by atoms with Gasteiger partial charge in [-0.2, -0.15) is 0 Å². The first kappa shape index (κ1) is 26.7. The summed E-state index contributed by atoms with van der Waals surface area (Å²) in [5.41, 5.74) is 2.27. The Hall–Kier alpha value is -4.13. The summed E-state index contributed by atoms with van der Waals surface area (Å²) in [6.07, 6.45) is -2.23. The number of carbonyl (C=O) groups is 2. The van der Waals surface area contributed by atoms with Crippen molar-refractivity contribution in [3.63, 3.8) is 0 Å². The van der Waals surface area contributed by atoms with Crippen LogP contribution in [0.3, 0.4) is 0 Å². The lowest BCUT2D eigenvalue weighted by Crippen LogP contribution is -2.39. The lowest BCUT2D eigenvalue weighted by Gasteiger charge is -2.31. The van der Waals surface area contributed by atoms with Crippen LogP contribution < -0.4 is 9.64 Å². The van der Waals surface area contributed by atoms with Crippen molar-refractivity contribution in [3.8, 4) is 17.0 Å². The van der Waals surface area contributed by atoms with E-state index >= 15 is 0 Å². The molecule has 4 aromatic rings. The van der Waals surface area contributed by atoms with Crippen LogP contribution in [0.15, 0.2) is 40.9 Å². The summed E-state index contributed by atoms with van der Waals surface area (Å²) < 4.78 is 55.2. The molecule has 3 atom stereocenters. The number of ether oxygens (including phenoxy) is 2. The van der Waals surface area contributed by atoms with E-state index in [1.807, 2.05) is 36.1 Å². The zero-order valence-electron chi connectivity index (χ0n) is 22.2. The molecule has 1 N–H and O–H groups in total. The molecule has 42 heavy (non-hydrogen) atoms. The number of hydrogen-bond donors (Lipinski definition) is 1. The van der Waals surface area contributed by atoms with Crippen molar-refractivity contribution in [2.75, 3.05) is 11.4 Å². The van der Waals surface area contributed by atoms with Crippen LogP contribution in [-0.2, 0) is 4.74 Å². The number of carboxylic acids is 1. The molecule has 0 radical (unpaired) electrons. The van der Waals surface area contributed by atoms with E-state index < -0.39 is 24.1 Å². The predicted molar refractivity (Wildman–Crippen MR) is 145 cm³/mol. The Morgan fingerprint density at radius 2 is 1.95 bits per heavy atom. The molecule has 2 aromatic heterocycles. The van der Waals surface area contributed by atoms with Gasteiger partial charge in [0.25, 0.3) is 0 Å². The standard InChI is InChI=1S/C29H24F3N3O6S/c1-13-4-2-3-5-18(13)23-22(25(41-34-23)14-6-7-14)27(38)39-19-11-17-8-16(19)12-35(17)28-33-24-20(40-29(30,31)32)9-15(26(36)37)10-21(24)42-28/h2-5,9-10,14,16-17,19H,6-8,11-12H2,1H3,(H,36,37)/t16-,17-,19+/m0/s1. The number of aromatic carboxylic acids is 1. The third kappa shape index (κ3) is 4.75. The average Bonchev–Trinajstić information content (AvgIpc) is 3.27. The maximum atomic E-state index is 13.6. The van der Waals surface area contributed by atoms with Crippen LogP contribution in [0.25, 0.3) is 21.5 Å². The number of nitrogens with zero attached hydrogens (tertiary/aromatic N) is 3. The number of benzene rings is 2. The SMILES string of the molecule is Cc1ccccc1-c1noc(C2CC2)c1C(=O)O[C@@H]1C[C@@H]2C[C@H]1CN2c1nc2c(OC(F)(F)F)cc(C(=O)O)cc2s1. The fourth-order valence-corrected chi connectivity index (χ4v) is 7.17. The molecule has 2 aromatic carbocycles. The molecule has 1 aliphatic heterocycles. The van der Waals surface area contributed by atoms with Crippen LogP contribution in [-0.4, -0.2) is 52.2 Å². The molecule has 2 bridgehead atoms. The Labute approximate surface area is 240 Å². The summed E-state index contributed by atoms with van der Waals surface area (Å²) in [7, 11) is 0. The molecule has 3 heterocycles. The van der Waals surface area contributed by atoms with Gasteiger partial charge in [-0.05, 0) is 43.9 Å². The number of fused-ring (bicyclic) bond motifs is 3. The fraction of sp³-hybridized carbons (Fsp3) is 0.379. The fourth-order valence-electron chi connectivity index (χ4n) is 6.06. The molecule has 9 nitrogen and oxygen atoms in total. The summed E-state index contributed by atoms with van der Waals surface area (Å²) in [6.45, 7) is 2.44. The smallest absolute Gasteiger partial charge is 0.478 e. The largest absolute Gasteiger partial charge is 0.573 e. The number of aromatic nitrogens is 2. The molecular formula is C29H24F3N3O6S. The van der Waals surface area contributed by atoms with Crippen molar-refractivity contribution in [1.29, 1.82) is 0 Å². The summed E-state index contributed by atoms with van der Waals surface area (Å²) in [6, 6.07) is 9.74. The second kappa shape index (κ2) is 9.72. The molecule has 7 rings (SSSR count). The van der Waals surface area contributed by atoms with Gasteiger partial charge in [-0.1, -0.05) is 40.8 Å². The first-order chi connectivity index (χ1) is 20.1. The number of hydrogen-bond acceptors (Lipinski definition) is 9. The zero-order chi connectivity index (χ0) is 29.3. The van der Waals surface area contributed by atoms with Crippen molar-refractivity contribution in [3.05, 3.63) is 58.8 Å². The third-order valence-corrected chi connectivity index (χ3v) is 9.21. The number of halogens is 3. The number of alkyl halides is 3. The third-order valence-electron chi connectivity index (χ3n) is 8.17. The van der Waals surface area contributed by atoms with Crippen molar-refractivity contribution in [2.45, 2.75) is 57.0 Å². The molecular weight excluding hydrogens is 575 g/mol. The van der Waals surface area contributed by atoms with E-state index in [2.05, 4.69) is 14.9 Å². The van der Waals surface area contributed by atoms with Gasteiger partial charge in [-0.3, -0.25) is 0 Å². The molecule has 0 spiro atoms. The number of rotatable bonds is 7. The zero-order valence-corrected chi connectivity index (χ0v) is 23.0. The predicted octanol–water partition coefficient (Wildman–Crippen LogP) is 6.56. The van der Waals surface area contributed by atoms with Crippen LogP contribution in [0.4, 0.5) is 18.3 Å². The number of esters is 1. The Kier molecular flexibility index (Phi) is 6.19. The molecule has 0 amide bonds. The minimum atomic E-state index is -5.00. The van der Waals surface area contributed by atoms with Crippen LogP contribution in [0.2, 0.25) is 0 Å². The van der Waals surface area contributed by atoms with E-state index in [9.17, 15) is 27.9 Å². The number of carboxylic acid groups (broad SMARTS) is 1. The van der Waals surface area contributed by atoms with Gasteiger partial charge in [0, 0.05) is 36.4 Å². The molecule has 3 fully saturated rings. The minimum absolute atomic E-state index is 0.00224. The highest BCUT2D eigenvalue weighted by Crippen LogP contribution is 2.47. The van der Waals surface area contributed by atoms with Gasteiger partial charge in [-0.15, -0.1) is 13.2 Å². The van der Waals surface area contributed by atoms with Crippen LogP contribution in [0, 0.1) is 12.8 Å². The second-order valence-electron chi connectivity index (χ2n) is 11.0. The van der Waals surface area contributed by atoms with E-state index in [0.29, 0.717) is 35.1 Å². The van der Waals surface area contributed by atoms with E-state index in [1.165, 1.54) is 6.07 Å². The van der Waals surface area contributed by atoms with Gasteiger partial charge < -0.3 is 24.0 Å². The summed E-state index contributed by atoms with van der Waals surface area (Å²) in [4.78, 5) is 31.5. The van der Waals surface area contributed by atoms with Gasteiger partial charge in [0.2, 0.25) is 0 Å². The Bertz CT molecular complexity index is 1730. The first-order valence-corrected chi connectivity index (χ1v) is 14.3. The number of piperidine rings is 1. The Morgan fingerprint density at radius 1 is 1.17 bits per heavy atom. The monoisotopic (exact) mass is 599 g/mol. The number of thiazole rings is 1. The minimum Gasteiger partial charge on any atom is -0.478 e. The molecule has 0 unspecified atom stereocenters. The van der Waals surface area contributed by atoms with Crippen molar-refractivity contribution in [1.82, 2.24) is 10.1 Å². The van der Waals surface area contributed by atoms with Gasteiger partial charge in [-0.25, -0.2) is 14.6 Å². The van der Waals surface area contributed by atoms with E-state index in [0.717, 1.165) is 47.8 Å². The van der Waals surface area contributed by atoms with Crippen LogP contribution in [0.1, 0.15) is 63.6 Å². The van der Waals surface area contributed by atoms with E-state index in [-0.39, 0.29) is 39.8 Å². The highest BCUT2D eigenvalue weighted by molar-refractivity contribution is 7.22. The van der Waals surface area contributed by atoms with Gasteiger partial charge in [0.1, 0.15) is 22.9 Å². The van der Waals surface area contributed by atoms with Crippen molar-refractivity contribution >= 4 is 38.6 Å². The molecule has 2 saturated carbocycles. The lowest BCUT2D eigenvalue weighted by molar-refractivity contribution is -0.274. The van der Waals surface area contributed by atoms with Crippen LogP contribution in [0.5, 0.6) is 5.75 Å². The van der Waals surface area contributed by atoms with E-state index in [1.54, 1.807) is 0 Å². The number of aryl methyl sites for hydroxylation is 1. The molecule has 1 saturated heterocycles. The van der Waals surface area contributed by atoms with Gasteiger partial charge >= 0.3 is 18.3 Å². The van der Waals surface area contributed by atoms with Gasteiger partial charge in [0.15, 0.2) is 16.6 Å². The summed E-state index contributed by atoms with van der Waals surface area (Å²) >= 11 is 1.11. The molecule has 218 valence electrons. The second-order valence-corrected chi connectivity index (χ2v) is 12.0. The molecule has 13 heteroatoms. The van der Waals surface area contributed by atoms with E-state index in [4.69, 9.17) is 9.26 Å². The Balaban J connectivity index is 1.12. The maximum absolute atomic E-state index is 13.6. The summed E-state index contributed by atoms with van der Waals surface area (Å²) in [5.74, 6) is -1.77. The average molecular weight is 600 g/mol. The molecule has 3 aliphatic rings. The van der Waals surface area contributed by atoms with Crippen LogP contribution >= 0.6 is 11.3 Å². The van der Waals surface area contributed by atoms with Crippen molar-refractivity contribution < 1.29 is 41.9 Å².